The number of hydrogen-bond donors (Lipinski definition) is 0. The van der Waals surface area contributed by atoms with Crippen molar-refractivity contribution in [1.29, 1.82) is 0 Å². The van der Waals surface area contributed by atoms with Gasteiger partial charge in [0.2, 0.25) is 0 Å². The molecule has 4 rings (SSSR count). The van der Waals surface area contributed by atoms with E-state index in [-0.39, 0.29) is 21.8 Å². The number of imide groups is 1. The molecule has 2 amide bonds. The van der Waals surface area contributed by atoms with Crippen LogP contribution in [0.4, 0.5) is 10.1 Å². The largest absolute Gasteiger partial charge is 0.286 e. The van der Waals surface area contributed by atoms with Crippen LogP contribution in [-0.2, 0) is 6.54 Å². The van der Waals surface area contributed by atoms with E-state index in [1.807, 2.05) is 0 Å². The molecule has 2 aliphatic heterocycles. The highest BCUT2D eigenvalue weighted by Crippen LogP contribution is 2.36. The maximum absolute atomic E-state index is 14.4. The molecule has 0 saturated heterocycles. The van der Waals surface area contributed by atoms with E-state index in [2.05, 4.69) is 9.98 Å². The number of aliphatic imine (C=N–C) groups is 1. The van der Waals surface area contributed by atoms with Crippen LogP contribution < -0.4 is 4.90 Å². The molecular weight excluding hydrogens is 321 g/mol. The first-order valence-corrected chi connectivity index (χ1v) is 7.23. The Morgan fingerprint density at radius 2 is 2.04 bits per heavy atom. The third kappa shape index (κ3) is 1.78. The van der Waals surface area contributed by atoms with Crippen molar-refractivity contribution < 1.29 is 14.0 Å². The molecule has 2 aromatic rings. The maximum Gasteiger partial charge on any atom is 0.267 e. The summed E-state index contributed by atoms with van der Waals surface area (Å²) >= 11 is 5.81. The highest BCUT2D eigenvalue weighted by atomic mass is 35.5. The average molecular weight is 330 g/mol. The number of aromatic nitrogens is 1. The minimum Gasteiger partial charge on any atom is -0.286 e. The van der Waals surface area contributed by atoms with Gasteiger partial charge in [-0.05, 0) is 18.6 Å². The summed E-state index contributed by atoms with van der Waals surface area (Å²) in [5.41, 5.74) is 1.87. The quantitative estimate of drug-likeness (QED) is 0.756. The fraction of sp³-hybridized carbons (Fsp3) is 0.125. The number of anilines is 1. The van der Waals surface area contributed by atoms with Gasteiger partial charge in [0.15, 0.2) is 5.82 Å². The first-order chi connectivity index (χ1) is 11.0. The lowest BCUT2D eigenvalue weighted by Gasteiger charge is -2.18. The summed E-state index contributed by atoms with van der Waals surface area (Å²) in [5, 5.41) is -0.146. The molecule has 0 radical (unpaired) electrons. The smallest absolute Gasteiger partial charge is 0.267 e. The van der Waals surface area contributed by atoms with Gasteiger partial charge in [0, 0.05) is 18.0 Å². The summed E-state index contributed by atoms with van der Waals surface area (Å²) in [6.45, 7) is 1.98. The fourth-order valence-electron chi connectivity index (χ4n) is 2.89. The summed E-state index contributed by atoms with van der Waals surface area (Å²) in [7, 11) is 0. The summed E-state index contributed by atoms with van der Waals surface area (Å²) in [5.74, 6) is -1.98. The molecule has 5 nitrogen and oxygen atoms in total. The van der Waals surface area contributed by atoms with Gasteiger partial charge in [0.1, 0.15) is 0 Å². The molecule has 0 atom stereocenters. The Morgan fingerprint density at radius 1 is 1.26 bits per heavy atom. The number of carbonyl (C=O) groups is 2. The van der Waals surface area contributed by atoms with Gasteiger partial charge in [0.05, 0.1) is 34.1 Å². The van der Waals surface area contributed by atoms with Crippen molar-refractivity contribution in [3.05, 3.63) is 57.1 Å². The van der Waals surface area contributed by atoms with E-state index >= 15 is 0 Å². The van der Waals surface area contributed by atoms with Crippen molar-refractivity contribution in [2.75, 3.05) is 4.90 Å². The van der Waals surface area contributed by atoms with Crippen LogP contribution in [0, 0.1) is 12.7 Å². The monoisotopic (exact) mass is 329 g/mol. The topological polar surface area (TPSA) is 62.6 Å². The molecule has 7 heteroatoms. The molecule has 2 aliphatic rings. The van der Waals surface area contributed by atoms with Crippen LogP contribution in [0.3, 0.4) is 0 Å². The zero-order valence-corrected chi connectivity index (χ0v) is 12.7. The number of fused-ring (bicyclic) bond motifs is 3. The zero-order chi connectivity index (χ0) is 16.3. The summed E-state index contributed by atoms with van der Waals surface area (Å²) in [6, 6.07) is 2.95. The summed E-state index contributed by atoms with van der Waals surface area (Å²) < 4.78 is 14.4. The van der Waals surface area contributed by atoms with Gasteiger partial charge in [0.25, 0.3) is 11.8 Å². The minimum atomic E-state index is -0.792. The zero-order valence-electron chi connectivity index (χ0n) is 11.9. The minimum absolute atomic E-state index is 0.118. The van der Waals surface area contributed by atoms with E-state index in [0.717, 1.165) is 4.90 Å². The Hall–Kier alpha value is -2.60. The number of halogens is 2. The Morgan fingerprint density at radius 3 is 2.83 bits per heavy atom. The number of hydrogen-bond acceptors (Lipinski definition) is 4. The van der Waals surface area contributed by atoms with Crippen LogP contribution in [-0.4, -0.2) is 23.0 Å². The molecule has 23 heavy (non-hydrogen) atoms. The standard InChI is InChI=1S/C16H9ClFN3O2/c1-7-2-3-10(17)13(18)14(7)21-15(22)9-5-20-11-6-19-4-8(11)12(9)16(21)23/h2-5H,6H2,1H3. The lowest BCUT2D eigenvalue weighted by Crippen LogP contribution is -2.31. The fourth-order valence-corrected chi connectivity index (χ4v) is 3.04. The van der Waals surface area contributed by atoms with Crippen LogP contribution in [0.25, 0.3) is 0 Å². The number of carbonyl (C=O) groups excluding carboxylic acids is 2. The molecule has 0 unspecified atom stereocenters. The predicted octanol–water partition coefficient (Wildman–Crippen LogP) is 2.92. The van der Waals surface area contributed by atoms with Gasteiger partial charge in [-0.15, -0.1) is 0 Å². The number of pyridine rings is 1. The van der Waals surface area contributed by atoms with Crippen LogP contribution in [0.2, 0.25) is 5.02 Å². The number of nitrogens with zero attached hydrogens (tertiary/aromatic N) is 3. The normalized spacial score (nSPS) is 15.3. The predicted molar refractivity (Wildman–Crippen MR) is 82.8 cm³/mol. The van der Waals surface area contributed by atoms with Crippen molar-refractivity contribution in [1.82, 2.24) is 4.98 Å². The van der Waals surface area contributed by atoms with E-state index < -0.39 is 17.6 Å². The Bertz CT molecular complexity index is 939. The number of aryl methyl sites for hydroxylation is 1. The van der Waals surface area contributed by atoms with Crippen molar-refractivity contribution >= 4 is 35.3 Å². The first kappa shape index (κ1) is 14.0. The van der Waals surface area contributed by atoms with Crippen molar-refractivity contribution in [3.8, 4) is 0 Å². The van der Waals surface area contributed by atoms with Crippen molar-refractivity contribution in [2.45, 2.75) is 13.5 Å². The Balaban J connectivity index is 1.95. The first-order valence-electron chi connectivity index (χ1n) is 6.85. The highest BCUT2D eigenvalue weighted by molar-refractivity contribution is 6.37. The lowest BCUT2D eigenvalue weighted by molar-refractivity contribution is 0.0924. The van der Waals surface area contributed by atoms with Crippen LogP contribution in [0.5, 0.6) is 0 Å². The van der Waals surface area contributed by atoms with Gasteiger partial charge in [-0.2, -0.15) is 0 Å². The molecule has 114 valence electrons. The third-order valence-electron chi connectivity index (χ3n) is 4.01. The van der Waals surface area contributed by atoms with Crippen LogP contribution in [0.15, 0.2) is 23.3 Å². The summed E-state index contributed by atoms with van der Waals surface area (Å²) in [4.78, 5) is 34.5. The number of benzene rings is 1. The third-order valence-corrected chi connectivity index (χ3v) is 4.30. The molecule has 3 heterocycles. The molecule has 0 bridgehead atoms. The second-order valence-corrected chi connectivity index (χ2v) is 5.76. The van der Waals surface area contributed by atoms with Crippen molar-refractivity contribution in [3.63, 3.8) is 0 Å². The Kier molecular flexibility index (Phi) is 2.86. The van der Waals surface area contributed by atoms with E-state index in [9.17, 15) is 14.0 Å². The second kappa shape index (κ2) is 4.70. The lowest BCUT2D eigenvalue weighted by atomic mass is 10.0. The van der Waals surface area contributed by atoms with Gasteiger partial charge < -0.3 is 0 Å². The van der Waals surface area contributed by atoms with Gasteiger partial charge in [-0.1, -0.05) is 17.7 Å². The molecule has 0 saturated carbocycles. The molecule has 0 spiro atoms. The molecule has 1 aromatic heterocycles. The number of rotatable bonds is 1. The van der Waals surface area contributed by atoms with Gasteiger partial charge >= 0.3 is 0 Å². The van der Waals surface area contributed by atoms with Crippen LogP contribution in [0.1, 0.15) is 37.5 Å². The van der Waals surface area contributed by atoms with E-state index in [1.165, 1.54) is 18.5 Å². The van der Waals surface area contributed by atoms with Gasteiger partial charge in [-0.25, -0.2) is 9.29 Å². The molecule has 0 fully saturated rings. The van der Waals surface area contributed by atoms with Gasteiger partial charge in [-0.3, -0.25) is 19.6 Å². The molecular formula is C16H9ClFN3O2. The molecule has 1 aromatic carbocycles. The maximum atomic E-state index is 14.4. The molecule has 0 aliphatic carbocycles. The van der Waals surface area contributed by atoms with E-state index in [4.69, 9.17) is 11.6 Å². The van der Waals surface area contributed by atoms with Crippen molar-refractivity contribution in [2.24, 2.45) is 4.99 Å². The van der Waals surface area contributed by atoms with E-state index in [0.29, 0.717) is 23.4 Å². The SMILES string of the molecule is Cc1ccc(Cl)c(F)c1N1C(=O)c2cnc3c(c2C1=O)C=NC3. The Labute approximate surface area is 135 Å². The second-order valence-electron chi connectivity index (χ2n) is 5.35. The number of amides is 2. The summed E-state index contributed by atoms with van der Waals surface area (Å²) in [6.07, 6.45) is 2.87. The highest BCUT2D eigenvalue weighted by Gasteiger charge is 2.42. The van der Waals surface area contributed by atoms with E-state index in [1.54, 1.807) is 13.0 Å². The molecule has 0 N–H and O–H groups in total. The average Bonchev–Trinajstić information content (AvgIpc) is 3.09. The van der Waals surface area contributed by atoms with Crippen LogP contribution >= 0.6 is 11.6 Å².